The summed E-state index contributed by atoms with van der Waals surface area (Å²) in [5, 5.41) is 2.48. The molecule has 0 bridgehead atoms. The Hall–Kier alpha value is -2.33. The van der Waals surface area contributed by atoms with Gasteiger partial charge in [0.2, 0.25) is 0 Å². The summed E-state index contributed by atoms with van der Waals surface area (Å²) in [7, 11) is 1.38. The Labute approximate surface area is 167 Å². The highest BCUT2D eigenvalue weighted by atomic mass is 79.9. The van der Waals surface area contributed by atoms with Gasteiger partial charge in [0.15, 0.2) is 0 Å². The van der Waals surface area contributed by atoms with E-state index in [-0.39, 0.29) is 0 Å². The normalized spacial score (nSPS) is 13.6. The van der Waals surface area contributed by atoms with Gasteiger partial charge in [0, 0.05) is 4.47 Å². The largest absolute Gasteiger partial charge is 0.465 e. The van der Waals surface area contributed by atoms with E-state index in [9.17, 15) is 4.79 Å². The van der Waals surface area contributed by atoms with Crippen molar-refractivity contribution < 1.29 is 14.3 Å². The lowest BCUT2D eigenvalue weighted by Crippen LogP contribution is -2.04. The number of halogens is 1. The smallest absolute Gasteiger partial charge is 0.341 e. The summed E-state index contributed by atoms with van der Waals surface area (Å²) in [5.41, 5.74) is 3.05. The first-order valence-electron chi connectivity index (χ1n) is 9.21. The summed E-state index contributed by atoms with van der Waals surface area (Å²) in [5.74, 6) is 1.44. The zero-order chi connectivity index (χ0) is 19.0. The van der Waals surface area contributed by atoms with Crippen molar-refractivity contribution >= 4 is 32.7 Å². The summed E-state index contributed by atoms with van der Waals surface area (Å²) in [4.78, 5) is 12.1. The van der Waals surface area contributed by atoms with E-state index in [2.05, 4.69) is 53.2 Å². The number of rotatable bonds is 5. The predicted octanol–water partition coefficient (Wildman–Crippen LogP) is 6.62. The number of carbonyl (C=O) groups excluding carboxylic acids is 1. The number of fused-ring (bicyclic) bond motifs is 1. The van der Waals surface area contributed by atoms with Crippen molar-refractivity contribution in [2.45, 2.75) is 32.1 Å². The first-order chi connectivity index (χ1) is 13.1. The molecule has 0 N–H and O–H groups in total. The minimum absolute atomic E-state index is 0.405. The molecule has 138 valence electrons. The summed E-state index contributed by atoms with van der Waals surface area (Å²) < 4.78 is 11.9. The SMILES string of the molecule is CCc1ccc2c(C3CC3)cc(Oc3ccc(Br)cc3C(=O)OC)cc2c1. The molecule has 3 aromatic carbocycles. The van der Waals surface area contributed by atoms with Gasteiger partial charge in [-0.1, -0.05) is 41.1 Å². The van der Waals surface area contributed by atoms with Crippen LogP contribution in [0.1, 0.15) is 47.2 Å². The molecule has 27 heavy (non-hydrogen) atoms. The van der Waals surface area contributed by atoms with E-state index in [1.54, 1.807) is 12.1 Å². The number of esters is 1. The van der Waals surface area contributed by atoms with Gasteiger partial charge >= 0.3 is 5.97 Å². The summed E-state index contributed by atoms with van der Waals surface area (Å²) in [6.07, 6.45) is 3.44. The van der Waals surface area contributed by atoms with Gasteiger partial charge in [-0.3, -0.25) is 0 Å². The average molecular weight is 425 g/mol. The molecule has 3 nitrogen and oxygen atoms in total. The maximum Gasteiger partial charge on any atom is 0.341 e. The van der Waals surface area contributed by atoms with Crippen molar-refractivity contribution in [3.05, 3.63) is 69.7 Å². The highest BCUT2D eigenvalue weighted by Gasteiger charge is 2.26. The number of hydrogen-bond donors (Lipinski definition) is 0. The molecule has 1 fully saturated rings. The molecule has 0 radical (unpaired) electrons. The van der Waals surface area contributed by atoms with E-state index >= 15 is 0 Å². The zero-order valence-electron chi connectivity index (χ0n) is 15.4. The maximum absolute atomic E-state index is 12.1. The molecule has 4 heteroatoms. The summed E-state index contributed by atoms with van der Waals surface area (Å²) >= 11 is 3.40. The van der Waals surface area contributed by atoms with Gasteiger partial charge in [-0.15, -0.1) is 0 Å². The fourth-order valence-electron chi connectivity index (χ4n) is 3.42. The number of carbonyl (C=O) groups is 1. The summed E-state index contributed by atoms with van der Waals surface area (Å²) in [6, 6.07) is 16.2. The molecule has 0 atom stereocenters. The zero-order valence-corrected chi connectivity index (χ0v) is 17.0. The molecule has 4 rings (SSSR count). The third kappa shape index (κ3) is 3.72. The molecular weight excluding hydrogens is 404 g/mol. The molecule has 1 aliphatic carbocycles. The van der Waals surface area contributed by atoms with Crippen LogP contribution in [0.15, 0.2) is 53.0 Å². The molecule has 1 saturated carbocycles. The van der Waals surface area contributed by atoms with Crippen molar-refractivity contribution in [3.63, 3.8) is 0 Å². The van der Waals surface area contributed by atoms with E-state index in [1.165, 1.54) is 41.9 Å². The van der Waals surface area contributed by atoms with Crippen LogP contribution in [0.25, 0.3) is 10.8 Å². The highest BCUT2D eigenvalue weighted by molar-refractivity contribution is 9.10. The molecule has 3 aromatic rings. The van der Waals surface area contributed by atoms with E-state index in [1.807, 2.05) is 6.07 Å². The van der Waals surface area contributed by atoms with Crippen molar-refractivity contribution in [2.75, 3.05) is 7.11 Å². The molecule has 0 amide bonds. The van der Waals surface area contributed by atoms with Crippen molar-refractivity contribution in [2.24, 2.45) is 0 Å². The average Bonchev–Trinajstić information content (AvgIpc) is 3.52. The minimum atomic E-state index is -0.414. The van der Waals surface area contributed by atoms with Gasteiger partial charge in [-0.2, -0.15) is 0 Å². The van der Waals surface area contributed by atoms with Crippen molar-refractivity contribution in [1.82, 2.24) is 0 Å². The van der Waals surface area contributed by atoms with Gasteiger partial charge in [-0.25, -0.2) is 4.79 Å². The molecular formula is C23H21BrO3. The number of benzene rings is 3. The second-order valence-electron chi connectivity index (χ2n) is 6.93. The van der Waals surface area contributed by atoms with Gasteiger partial charge in [0.1, 0.15) is 17.1 Å². The van der Waals surface area contributed by atoms with Crippen molar-refractivity contribution in [1.29, 1.82) is 0 Å². The Kier molecular flexibility index (Phi) is 4.92. The van der Waals surface area contributed by atoms with Crippen LogP contribution < -0.4 is 4.74 Å². The van der Waals surface area contributed by atoms with Crippen LogP contribution in [0.2, 0.25) is 0 Å². The molecule has 0 saturated heterocycles. The third-order valence-electron chi connectivity index (χ3n) is 5.02. The number of ether oxygens (including phenoxy) is 2. The Balaban J connectivity index is 1.79. The van der Waals surface area contributed by atoms with E-state index in [4.69, 9.17) is 9.47 Å². The quantitative estimate of drug-likeness (QED) is 0.431. The number of methoxy groups -OCH3 is 1. The van der Waals surface area contributed by atoms with Gasteiger partial charge < -0.3 is 9.47 Å². The number of hydrogen-bond acceptors (Lipinski definition) is 3. The monoisotopic (exact) mass is 424 g/mol. The Morgan fingerprint density at radius 2 is 1.93 bits per heavy atom. The molecule has 0 unspecified atom stereocenters. The molecule has 0 spiro atoms. The lowest BCUT2D eigenvalue weighted by molar-refractivity contribution is 0.0598. The standard InChI is InChI=1S/C23H21BrO3/c1-3-14-4-8-19-16(10-14)11-18(13-20(19)15-5-6-15)27-22-9-7-17(24)12-21(22)23(25)26-2/h4,7-13,15H,3,5-6H2,1-2H3. The maximum atomic E-state index is 12.1. The molecule has 0 heterocycles. The number of aryl methyl sites for hydroxylation is 1. The molecule has 0 aromatic heterocycles. The van der Waals surface area contributed by atoms with E-state index in [0.717, 1.165) is 16.6 Å². The van der Waals surface area contributed by atoms with Gasteiger partial charge in [0.05, 0.1) is 7.11 Å². The Morgan fingerprint density at radius 1 is 1.11 bits per heavy atom. The van der Waals surface area contributed by atoms with Crippen LogP contribution in [0.5, 0.6) is 11.5 Å². The van der Waals surface area contributed by atoms with Crippen LogP contribution >= 0.6 is 15.9 Å². The fourth-order valence-corrected chi connectivity index (χ4v) is 3.78. The van der Waals surface area contributed by atoms with Crippen molar-refractivity contribution in [3.8, 4) is 11.5 Å². The third-order valence-corrected chi connectivity index (χ3v) is 5.52. The summed E-state index contributed by atoms with van der Waals surface area (Å²) in [6.45, 7) is 2.16. The van der Waals surface area contributed by atoms with Crippen LogP contribution in [0.4, 0.5) is 0 Å². The minimum Gasteiger partial charge on any atom is -0.465 e. The Morgan fingerprint density at radius 3 is 2.63 bits per heavy atom. The van der Waals surface area contributed by atoms with Crippen LogP contribution in [0, 0.1) is 0 Å². The lowest BCUT2D eigenvalue weighted by atomic mass is 9.98. The first kappa shape index (κ1) is 18.1. The second kappa shape index (κ2) is 7.35. The van der Waals surface area contributed by atoms with E-state index in [0.29, 0.717) is 17.2 Å². The Bertz CT molecular complexity index is 1020. The fraction of sp³-hybridized carbons (Fsp3) is 0.261. The predicted molar refractivity (Wildman–Crippen MR) is 111 cm³/mol. The highest BCUT2D eigenvalue weighted by Crippen LogP contribution is 2.45. The van der Waals surface area contributed by atoms with Crippen LogP contribution in [-0.4, -0.2) is 13.1 Å². The van der Waals surface area contributed by atoms with Gasteiger partial charge in [-0.05, 0) is 77.4 Å². The second-order valence-corrected chi connectivity index (χ2v) is 7.85. The van der Waals surface area contributed by atoms with Gasteiger partial charge in [0.25, 0.3) is 0 Å². The molecule has 1 aliphatic rings. The van der Waals surface area contributed by atoms with Crippen LogP contribution in [-0.2, 0) is 11.2 Å². The first-order valence-corrected chi connectivity index (χ1v) is 10.0. The van der Waals surface area contributed by atoms with E-state index < -0.39 is 5.97 Å². The van der Waals surface area contributed by atoms with Crippen LogP contribution in [0.3, 0.4) is 0 Å². The topological polar surface area (TPSA) is 35.5 Å². The lowest BCUT2D eigenvalue weighted by Gasteiger charge is -2.14. The molecule has 0 aliphatic heterocycles.